The topological polar surface area (TPSA) is 0 Å². The molecule has 128 valence electrons. The second-order valence-corrected chi connectivity index (χ2v) is 9.41. The van der Waals surface area contributed by atoms with Crippen LogP contribution in [0.25, 0.3) is 21.5 Å². The predicted octanol–water partition coefficient (Wildman–Crippen LogP) is 6.55. The van der Waals surface area contributed by atoms with Crippen LogP contribution in [0.15, 0.2) is 66.7 Å². The molecule has 0 N–H and O–H groups in total. The SMILES string of the molecule is C1=CC2CC1C1C3CC(c4ccc5cc6ccccc6cc5c4)C(C3)C21. The van der Waals surface area contributed by atoms with Crippen LogP contribution in [0.3, 0.4) is 0 Å². The van der Waals surface area contributed by atoms with Crippen molar-refractivity contribution in [2.24, 2.45) is 35.5 Å². The Labute approximate surface area is 154 Å². The van der Waals surface area contributed by atoms with E-state index in [1.165, 1.54) is 40.8 Å². The van der Waals surface area contributed by atoms with E-state index in [1.807, 2.05) is 0 Å². The van der Waals surface area contributed by atoms with Gasteiger partial charge < -0.3 is 0 Å². The first-order valence-electron chi connectivity index (χ1n) is 10.5. The lowest BCUT2D eigenvalue weighted by molar-refractivity contribution is 0.185. The molecule has 3 aromatic carbocycles. The minimum Gasteiger partial charge on any atom is -0.0848 e. The van der Waals surface area contributed by atoms with Crippen molar-refractivity contribution in [2.45, 2.75) is 25.2 Å². The summed E-state index contributed by atoms with van der Waals surface area (Å²) in [5, 5.41) is 5.53. The van der Waals surface area contributed by atoms with E-state index in [-0.39, 0.29) is 0 Å². The first-order valence-corrected chi connectivity index (χ1v) is 10.5. The fourth-order valence-corrected chi connectivity index (χ4v) is 7.59. The van der Waals surface area contributed by atoms with Crippen LogP contribution in [0.5, 0.6) is 0 Å². The van der Waals surface area contributed by atoms with Gasteiger partial charge in [-0.2, -0.15) is 0 Å². The number of allylic oxidation sites excluding steroid dienone is 2. The zero-order valence-electron chi connectivity index (χ0n) is 15.0. The van der Waals surface area contributed by atoms with E-state index >= 15 is 0 Å². The highest BCUT2D eigenvalue weighted by atomic mass is 14.6. The second kappa shape index (κ2) is 4.80. The Morgan fingerprint density at radius 2 is 1.35 bits per heavy atom. The molecule has 0 heteroatoms. The summed E-state index contributed by atoms with van der Waals surface area (Å²) in [4.78, 5) is 0. The predicted molar refractivity (Wildman–Crippen MR) is 108 cm³/mol. The fraction of sp³-hybridized carbons (Fsp3) is 0.385. The third-order valence-electron chi connectivity index (χ3n) is 8.43. The number of hydrogen-bond donors (Lipinski definition) is 0. The van der Waals surface area contributed by atoms with Gasteiger partial charge in [0.15, 0.2) is 0 Å². The van der Waals surface area contributed by atoms with Crippen molar-refractivity contribution >= 4 is 21.5 Å². The molecule has 4 bridgehead atoms. The normalized spacial score (nSPS) is 39.3. The summed E-state index contributed by atoms with van der Waals surface area (Å²) in [6, 6.07) is 20.8. The highest BCUT2D eigenvalue weighted by molar-refractivity contribution is 5.98. The number of fused-ring (bicyclic) bond motifs is 11. The molecule has 0 nitrogen and oxygen atoms in total. The molecule has 7 rings (SSSR count). The summed E-state index contributed by atoms with van der Waals surface area (Å²) >= 11 is 0. The van der Waals surface area contributed by atoms with Crippen LogP contribution in [-0.2, 0) is 0 Å². The first kappa shape index (κ1) is 14.0. The van der Waals surface area contributed by atoms with Gasteiger partial charge >= 0.3 is 0 Å². The smallest absolute Gasteiger partial charge is 0.0128 e. The van der Waals surface area contributed by atoms with Gasteiger partial charge in [0.25, 0.3) is 0 Å². The van der Waals surface area contributed by atoms with E-state index in [4.69, 9.17) is 0 Å². The van der Waals surface area contributed by atoms with Gasteiger partial charge in [-0.15, -0.1) is 0 Å². The summed E-state index contributed by atoms with van der Waals surface area (Å²) in [6.45, 7) is 0. The average Bonchev–Trinajstić information content (AvgIpc) is 3.45. The fourth-order valence-electron chi connectivity index (χ4n) is 7.59. The highest BCUT2D eigenvalue weighted by Crippen LogP contribution is 2.68. The van der Waals surface area contributed by atoms with Crippen LogP contribution < -0.4 is 0 Å². The van der Waals surface area contributed by atoms with E-state index in [0.29, 0.717) is 0 Å². The third-order valence-corrected chi connectivity index (χ3v) is 8.43. The number of hydrogen-bond acceptors (Lipinski definition) is 0. The van der Waals surface area contributed by atoms with Crippen LogP contribution in [0.1, 0.15) is 30.7 Å². The van der Waals surface area contributed by atoms with Crippen molar-refractivity contribution in [3.8, 4) is 0 Å². The molecule has 0 aliphatic heterocycles. The van der Waals surface area contributed by atoms with Crippen LogP contribution in [0, 0.1) is 35.5 Å². The van der Waals surface area contributed by atoms with Crippen LogP contribution >= 0.6 is 0 Å². The Kier molecular flexibility index (Phi) is 2.59. The summed E-state index contributed by atoms with van der Waals surface area (Å²) < 4.78 is 0. The molecule has 7 unspecified atom stereocenters. The van der Waals surface area contributed by atoms with Crippen LogP contribution in [0.4, 0.5) is 0 Å². The molecule has 7 atom stereocenters. The Morgan fingerprint density at radius 3 is 2.19 bits per heavy atom. The maximum absolute atomic E-state index is 2.57. The molecule has 0 spiro atoms. The summed E-state index contributed by atoms with van der Waals surface area (Å²) in [6.07, 6.45) is 9.55. The van der Waals surface area contributed by atoms with Crippen LogP contribution in [0.2, 0.25) is 0 Å². The third kappa shape index (κ3) is 1.71. The summed E-state index contributed by atoms with van der Waals surface area (Å²) in [5.41, 5.74) is 1.62. The molecule has 0 radical (unpaired) electrons. The molecule has 0 amide bonds. The lowest BCUT2D eigenvalue weighted by atomic mass is 9.68. The molecule has 0 aromatic heterocycles. The molecular weight excluding hydrogens is 312 g/mol. The molecule has 4 aliphatic rings. The second-order valence-electron chi connectivity index (χ2n) is 9.41. The maximum Gasteiger partial charge on any atom is -0.0128 e. The van der Waals surface area contributed by atoms with Crippen molar-refractivity contribution < 1.29 is 0 Å². The standard InChI is InChI=1S/C26H24/c1-2-4-16-10-21-11-18(6-5-17(21)9-15(16)3-1)23-13-22-14-24(23)26-20-8-7-19(12-20)25(22)26/h1-11,19-20,22-26H,12-14H2. The largest absolute Gasteiger partial charge is 0.0848 e. The van der Waals surface area contributed by atoms with Crippen molar-refractivity contribution in [3.63, 3.8) is 0 Å². The lowest BCUT2D eigenvalue weighted by Gasteiger charge is -2.37. The molecule has 3 saturated carbocycles. The van der Waals surface area contributed by atoms with Crippen molar-refractivity contribution in [1.29, 1.82) is 0 Å². The molecule has 3 aromatic rings. The minimum atomic E-state index is 0.810. The van der Waals surface area contributed by atoms with Crippen molar-refractivity contribution in [2.75, 3.05) is 0 Å². The Balaban J connectivity index is 1.31. The molecule has 3 fully saturated rings. The van der Waals surface area contributed by atoms with E-state index in [1.54, 1.807) is 5.56 Å². The van der Waals surface area contributed by atoms with Gasteiger partial charge in [0, 0.05) is 0 Å². The van der Waals surface area contributed by atoms with E-state index in [9.17, 15) is 0 Å². The van der Waals surface area contributed by atoms with Crippen LogP contribution in [-0.4, -0.2) is 0 Å². The van der Waals surface area contributed by atoms with Crippen molar-refractivity contribution in [3.05, 3.63) is 72.3 Å². The minimum absolute atomic E-state index is 0.810. The zero-order valence-corrected chi connectivity index (χ0v) is 15.0. The number of benzene rings is 3. The average molecular weight is 336 g/mol. The van der Waals surface area contributed by atoms with Gasteiger partial charge in [-0.25, -0.2) is 0 Å². The van der Waals surface area contributed by atoms with Gasteiger partial charge in [-0.05, 0) is 99.9 Å². The van der Waals surface area contributed by atoms with Gasteiger partial charge in [-0.3, -0.25) is 0 Å². The van der Waals surface area contributed by atoms with Gasteiger partial charge in [0.1, 0.15) is 0 Å². The Morgan fingerprint density at radius 1 is 0.615 bits per heavy atom. The molecular formula is C26H24. The van der Waals surface area contributed by atoms with E-state index < -0.39 is 0 Å². The quantitative estimate of drug-likeness (QED) is 0.268. The van der Waals surface area contributed by atoms with E-state index in [2.05, 4.69) is 66.7 Å². The number of rotatable bonds is 1. The molecule has 0 heterocycles. The van der Waals surface area contributed by atoms with E-state index in [0.717, 1.165) is 41.4 Å². The molecule has 4 aliphatic carbocycles. The first-order chi connectivity index (χ1) is 12.8. The van der Waals surface area contributed by atoms with Crippen molar-refractivity contribution in [1.82, 2.24) is 0 Å². The van der Waals surface area contributed by atoms with Gasteiger partial charge in [0.2, 0.25) is 0 Å². The monoisotopic (exact) mass is 336 g/mol. The highest BCUT2D eigenvalue weighted by Gasteiger charge is 2.60. The van der Waals surface area contributed by atoms with Gasteiger partial charge in [0.05, 0.1) is 0 Å². The molecule has 0 saturated heterocycles. The Hall–Kier alpha value is -2.08. The van der Waals surface area contributed by atoms with Gasteiger partial charge in [-0.1, -0.05) is 54.6 Å². The lowest BCUT2D eigenvalue weighted by Crippen LogP contribution is -2.30. The summed E-state index contributed by atoms with van der Waals surface area (Å²) in [7, 11) is 0. The zero-order chi connectivity index (χ0) is 16.8. The maximum atomic E-state index is 2.57. The molecule has 26 heavy (non-hydrogen) atoms. The summed E-state index contributed by atoms with van der Waals surface area (Å²) in [5.74, 6) is 6.64. The Bertz CT molecular complexity index is 1070.